The standard InChI is InChI=1S/C26H16ClFN4O4S/c27-19-12-7-13-20(28)18(19)14-21-24(34)31(16-8-3-1-4-9-16)26(29-21)37-15-22(33)23-25(35)36-30-32(23)17-10-5-2-6-11-17/h1-14H,15H2/b21-14-. The molecule has 8 nitrogen and oxygen atoms in total. The van der Waals surface area contributed by atoms with Crippen LogP contribution in [0.2, 0.25) is 5.02 Å². The SMILES string of the molecule is O=C(CSC1=N/C(=C\c2c(F)cccc2Cl)C(=O)N1c1ccccc1)c1c([O-])on[n+]1-c1ccccc1. The first-order valence-electron chi connectivity index (χ1n) is 10.9. The average molecular weight is 535 g/mol. The first-order chi connectivity index (χ1) is 17.9. The zero-order valence-electron chi connectivity index (χ0n) is 18.9. The number of nitrogens with zero attached hydrogens (tertiary/aromatic N) is 4. The number of anilines is 1. The van der Waals surface area contributed by atoms with Crippen molar-refractivity contribution in [2.24, 2.45) is 4.99 Å². The molecule has 37 heavy (non-hydrogen) atoms. The van der Waals surface area contributed by atoms with Crippen LogP contribution >= 0.6 is 23.4 Å². The fourth-order valence-electron chi connectivity index (χ4n) is 3.61. The molecule has 0 aliphatic carbocycles. The number of ketones is 1. The Labute approximate surface area is 219 Å². The van der Waals surface area contributed by atoms with Gasteiger partial charge < -0.3 is 9.63 Å². The van der Waals surface area contributed by atoms with Crippen LogP contribution in [-0.2, 0) is 4.79 Å². The van der Waals surface area contributed by atoms with Crippen LogP contribution in [0.25, 0.3) is 11.8 Å². The summed E-state index contributed by atoms with van der Waals surface area (Å²) < 4.78 is 20.2. The van der Waals surface area contributed by atoms with Gasteiger partial charge in [-0.15, -0.1) is 0 Å². The second kappa shape index (κ2) is 10.4. The summed E-state index contributed by atoms with van der Waals surface area (Å²) in [6.45, 7) is 0. The van der Waals surface area contributed by atoms with E-state index in [2.05, 4.69) is 10.3 Å². The normalized spacial score (nSPS) is 14.3. The van der Waals surface area contributed by atoms with Crippen LogP contribution < -0.4 is 14.7 Å². The predicted octanol–water partition coefficient (Wildman–Crippen LogP) is 4.18. The molecule has 0 N–H and O–H groups in total. The lowest BCUT2D eigenvalue weighted by atomic mass is 10.1. The number of hydrogen-bond acceptors (Lipinski definition) is 7. The summed E-state index contributed by atoms with van der Waals surface area (Å²) in [7, 11) is 0. The number of benzene rings is 3. The molecule has 0 saturated heterocycles. The van der Waals surface area contributed by atoms with Crippen LogP contribution in [0, 0.1) is 5.82 Å². The Balaban J connectivity index is 1.47. The van der Waals surface area contributed by atoms with E-state index in [4.69, 9.17) is 16.1 Å². The molecule has 0 fully saturated rings. The molecule has 0 spiro atoms. The molecule has 0 bridgehead atoms. The molecule has 1 amide bonds. The number of thioether (sulfide) groups is 1. The van der Waals surface area contributed by atoms with Crippen molar-refractivity contribution in [3.63, 3.8) is 0 Å². The van der Waals surface area contributed by atoms with Gasteiger partial charge >= 0.3 is 5.69 Å². The molecule has 5 rings (SSSR count). The molecule has 4 aromatic rings. The van der Waals surface area contributed by atoms with Gasteiger partial charge in [-0.2, -0.15) is 0 Å². The van der Waals surface area contributed by atoms with E-state index in [0.29, 0.717) is 11.4 Å². The van der Waals surface area contributed by atoms with Gasteiger partial charge in [0, 0.05) is 17.7 Å². The minimum Gasteiger partial charge on any atom is -0.539 e. The number of amides is 1. The van der Waals surface area contributed by atoms with Crippen LogP contribution in [0.15, 0.2) is 94.1 Å². The molecule has 0 radical (unpaired) electrons. The second-order valence-electron chi connectivity index (χ2n) is 7.70. The second-order valence-corrected chi connectivity index (χ2v) is 9.05. The van der Waals surface area contributed by atoms with E-state index in [-0.39, 0.29) is 32.9 Å². The van der Waals surface area contributed by atoms with Crippen molar-refractivity contribution in [2.45, 2.75) is 0 Å². The third-order valence-electron chi connectivity index (χ3n) is 5.33. The van der Waals surface area contributed by atoms with Crippen LogP contribution in [0.4, 0.5) is 10.1 Å². The summed E-state index contributed by atoms with van der Waals surface area (Å²) in [5, 5.41) is 16.3. The van der Waals surface area contributed by atoms with Crippen molar-refractivity contribution < 1.29 is 28.3 Å². The highest BCUT2D eigenvalue weighted by Gasteiger charge is 2.34. The summed E-state index contributed by atoms with van der Waals surface area (Å²) in [6.07, 6.45) is 1.27. The Morgan fingerprint density at radius 1 is 1.08 bits per heavy atom. The van der Waals surface area contributed by atoms with Gasteiger partial charge in [0.05, 0.1) is 21.7 Å². The molecule has 2 heterocycles. The number of para-hydroxylation sites is 2. The number of Topliss-reactive ketones (excluding diaryl/α,β-unsaturated/α-hetero) is 1. The molecule has 1 aliphatic heterocycles. The van der Waals surface area contributed by atoms with Gasteiger partial charge in [-0.05, 0) is 35.0 Å². The summed E-state index contributed by atoms with van der Waals surface area (Å²) in [5.41, 5.74) is 0.690. The lowest BCUT2D eigenvalue weighted by Gasteiger charge is -2.17. The van der Waals surface area contributed by atoms with Gasteiger partial charge in [0.25, 0.3) is 5.91 Å². The zero-order valence-corrected chi connectivity index (χ0v) is 20.4. The zero-order chi connectivity index (χ0) is 25.9. The topological polar surface area (TPSA) is 103 Å². The van der Waals surface area contributed by atoms with Gasteiger partial charge in [0.1, 0.15) is 11.5 Å². The Hall–Kier alpha value is -4.28. The van der Waals surface area contributed by atoms with Crippen LogP contribution in [-0.4, -0.2) is 27.9 Å². The lowest BCUT2D eigenvalue weighted by molar-refractivity contribution is -0.672. The van der Waals surface area contributed by atoms with E-state index in [1.54, 1.807) is 60.7 Å². The summed E-state index contributed by atoms with van der Waals surface area (Å²) in [5.74, 6) is -2.82. The van der Waals surface area contributed by atoms with Gasteiger partial charge in [0.2, 0.25) is 11.5 Å². The highest BCUT2D eigenvalue weighted by Crippen LogP contribution is 2.31. The van der Waals surface area contributed by atoms with Gasteiger partial charge in [-0.1, -0.05) is 65.8 Å². The van der Waals surface area contributed by atoms with Crippen LogP contribution in [0.3, 0.4) is 0 Å². The molecular formula is C26H16ClFN4O4S. The van der Waals surface area contributed by atoms with Crippen molar-refractivity contribution in [2.75, 3.05) is 10.7 Å². The molecule has 3 aromatic carbocycles. The maximum absolute atomic E-state index is 14.4. The first kappa shape index (κ1) is 24.4. The molecule has 11 heteroatoms. The van der Waals surface area contributed by atoms with Gasteiger partial charge in [0.15, 0.2) is 11.1 Å². The van der Waals surface area contributed by atoms with E-state index in [1.807, 2.05) is 0 Å². The Kier molecular flexibility index (Phi) is 6.85. The smallest absolute Gasteiger partial charge is 0.307 e. The van der Waals surface area contributed by atoms with E-state index < -0.39 is 23.5 Å². The monoisotopic (exact) mass is 534 g/mol. The quantitative estimate of drug-likeness (QED) is 0.209. The number of carbonyl (C=O) groups is 2. The third-order valence-corrected chi connectivity index (χ3v) is 6.60. The Morgan fingerprint density at radius 3 is 2.49 bits per heavy atom. The molecule has 0 atom stereocenters. The molecule has 0 unspecified atom stereocenters. The maximum atomic E-state index is 14.4. The number of halogens is 2. The van der Waals surface area contributed by atoms with E-state index >= 15 is 0 Å². The Bertz CT molecular complexity index is 1540. The van der Waals surface area contributed by atoms with E-state index in [1.165, 1.54) is 29.2 Å². The Morgan fingerprint density at radius 2 is 1.78 bits per heavy atom. The average Bonchev–Trinajstić information content (AvgIpc) is 3.45. The number of aliphatic imine (C=N–C) groups is 1. The molecular weight excluding hydrogens is 519 g/mol. The van der Waals surface area contributed by atoms with E-state index in [0.717, 1.165) is 16.4 Å². The van der Waals surface area contributed by atoms with Gasteiger partial charge in [-0.25, -0.2) is 9.38 Å². The first-order valence-corrected chi connectivity index (χ1v) is 12.2. The highest BCUT2D eigenvalue weighted by atomic mass is 35.5. The summed E-state index contributed by atoms with van der Waals surface area (Å²) in [4.78, 5) is 32.1. The van der Waals surface area contributed by atoms with Crippen molar-refractivity contribution >= 4 is 52.0 Å². The summed E-state index contributed by atoms with van der Waals surface area (Å²) >= 11 is 7.08. The molecule has 1 aliphatic rings. The number of rotatable bonds is 6. The van der Waals surface area contributed by atoms with Crippen molar-refractivity contribution in [3.8, 4) is 11.6 Å². The van der Waals surface area contributed by atoms with Crippen molar-refractivity contribution in [3.05, 3.63) is 107 Å². The van der Waals surface area contributed by atoms with Gasteiger partial charge in [-0.3, -0.25) is 14.5 Å². The van der Waals surface area contributed by atoms with Crippen molar-refractivity contribution in [1.82, 2.24) is 5.27 Å². The predicted molar refractivity (Wildman–Crippen MR) is 135 cm³/mol. The van der Waals surface area contributed by atoms with E-state index in [9.17, 15) is 19.1 Å². The molecule has 184 valence electrons. The summed E-state index contributed by atoms with van der Waals surface area (Å²) in [6, 6.07) is 21.5. The van der Waals surface area contributed by atoms with Crippen molar-refractivity contribution in [1.29, 1.82) is 0 Å². The third kappa shape index (κ3) is 4.89. The highest BCUT2D eigenvalue weighted by molar-refractivity contribution is 8.14. The number of amidine groups is 1. The molecule has 1 aromatic heterocycles. The fraction of sp³-hybridized carbons (Fsp3) is 0.0385. The fourth-order valence-corrected chi connectivity index (χ4v) is 4.70. The van der Waals surface area contributed by atoms with Crippen LogP contribution in [0.1, 0.15) is 16.1 Å². The minimum atomic E-state index is -0.881. The largest absolute Gasteiger partial charge is 0.539 e. The minimum absolute atomic E-state index is 0.0241. The lowest BCUT2D eigenvalue weighted by Crippen LogP contribution is -2.39. The number of hydrogen-bond donors (Lipinski definition) is 0. The maximum Gasteiger partial charge on any atom is 0.307 e. The molecule has 0 saturated carbocycles. The van der Waals surface area contributed by atoms with Crippen LogP contribution in [0.5, 0.6) is 5.95 Å². The number of aromatic nitrogens is 2. The number of carbonyl (C=O) groups excluding carboxylic acids is 2.